The smallest absolute Gasteiger partial charge is 0.347 e. The Balaban J connectivity index is 1.44. The molecular formula is C32H52N7O10P. The maximum Gasteiger partial charge on any atom is 0.347 e. The van der Waals surface area contributed by atoms with Crippen molar-refractivity contribution in [2.24, 2.45) is 10.8 Å². The molecule has 3 aliphatic rings. The first-order valence-corrected chi connectivity index (χ1v) is 18.5. The van der Waals surface area contributed by atoms with Gasteiger partial charge >= 0.3 is 19.6 Å². The van der Waals surface area contributed by atoms with Crippen LogP contribution in [0.5, 0.6) is 5.88 Å². The lowest BCUT2D eigenvalue weighted by Crippen LogP contribution is -2.46. The Morgan fingerprint density at radius 3 is 2.06 bits per heavy atom. The zero-order valence-electron chi connectivity index (χ0n) is 30.2. The minimum atomic E-state index is -4.20. The number of aliphatic hydroxyl groups excluding tert-OH is 1. The fourth-order valence-corrected chi connectivity index (χ4v) is 9.26. The van der Waals surface area contributed by atoms with Crippen molar-refractivity contribution >= 4 is 36.7 Å². The molecule has 3 saturated heterocycles. The van der Waals surface area contributed by atoms with E-state index in [1.807, 2.05) is 41.5 Å². The van der Waals surface area contributed by atoms with Gasteiger partial charge in [0.15, 0.2) is 17.4 Å². The number of nitrogen functional groups attached to an aromatic ring is 1. The summed E-state index contributed by atoms with van der Waals surface area (Å²) in [5, 5.41) is 22.9. The average molecular weight is 726 g/mol. The van der Waals surface area contributed by atoms with E-state index in [4.69, 9.17) is 29.2 Å². The molecule has 3 aliphatic heterocycles. The van der Waals surface area contributed by atoms with Gasteiger partial charge in [-0.2, -0.15) is 9.97 Å². The van der Waals surface area contributed by atoms with Gasteiger partial charge in [-0.15, -0.1) is 0 Å². The molecule has 0 spiro atoms. The highest BCUT2D eigenvalue weighted by Gasteiger charge is 2.57. The van der Waals surface area contributed by atoms with Crippen molar-refractivity contribution in [1.29, 1.82) is 0 Å². The van der Waals surface area contributed by atoms with E-state index in [2.05, 4.69) is 15.0 Å². The van der Waals surface area contributed by atoms with Gasteiger partial charge in [-0.3, -0.25) is 18.7 Å². The molecule has 2 unspecified atom stereocenters. The summed E-state index contributed by atoms with van der Waals surface area (Å²) >= 11 is 0. The summed E-state index contributed by atoms with van der Waals surface area (Å²) in [7, 11) is -2.80. The highest BCUT2D eigenvalue weighted by atomic mass is 31.2. The number of aliphatic hydroxyl groups is 2. The summed E-state index contributed by atoms with van der Waals surface area (Å²) < 4.78 is 48.9. The van der Waals surface area contributed by atoms with E-state index in [9.17, 15) is 19.8 Å². The quantitative estimate of drug-likeness (QED) is 0.224. The van der Waals surface area contributed by atoms with Gasteiger partial charge in [0.05, 0.1) is 33.3 Å². The van der Waals surface area contributed by atoms with Crippen molar-refractivity contribution in [2.75, 3.05) is 45.8 Å². The number of hydrogen-bond acceptors (Lipinski definition) is 14. The van der Waals surface area contributed by atoms with E-state index < -0.39 is 62.3 Å². The van der Waals surface area contributed by atoms with Gasteiger partial charge in [0.1, 0.15) is 29.9 Å². The Morgan fingerprint density at radius 2 is 1.56 bits per heavy atom. The second-order valence-corrected chi connectivity index (χ2v) is 18.1. The highest BCUT2D eigenvalue weighted by molar-refractivity contribution is 7.54. The standard InChI is InChI=1S/C32H52N7O10P/c1-30(2,3)16-46-26(41)19-11-9-13-38(19)50(44,39-14-10-12-20(39)27(42)47-17-31(4,5)6)48-15-21-23(40)32(7,43)28(49-21)37-18-34-22-24(37)35-29(33)36-25(22)45-8/h18-21,23,28,40,43H,9-17H2,1-8H3,(H2,33,35,36)/t19?,20?,21-,23-,28-,32-,50?/m1/s1. The summed E-state index contributed by atoms with van der Waals surface area (Å²) in [6.45, 7) is 13.4. The maximum atomic E-state index is 15.4. The molecule has 50 heavy (non-hydrogen) atoms. The number of methoxy groups -OCH3 is 1. The number of nitrogens with zero attached hydrogens (tertiary/aromatic N) is 6. The molecule has 0 radical (unpaired) electrons. The minimum Gasteiger partial charge on any atom is -0.479 e. The molecule has 5 rings (SSSR count). The van der Waals surface area contributed by atoms with Crippen LogP contribution in [0.1, 0.15) is 80.4 Å². The van der Waals surface area contributed by atoms with Crippen LogP contribution in [0.2, 0.25) is 0 Å². The van der Waals surface area contributed by atoms with Crippen molar-refractivity contribution in [3.05, 3.63) is 6.33 Å². The number of imidazole rings is 1. The number of esters is 2. The molecule has 0 saturated carbocycles. The van der Waals surface area contributed by atoms with E-state index in [-0.39, 0.29) is 60.1 Å². The summed E-state index contributed by atoms with van der Waals surface area (Å²) in [4.78, 5) is 39.5. The highest BCUT2D eigenvalue weighted by Crippen LogP contribution is 2.61. The zero-order chi connectivity index (χ0) is 36.8. The maximum absolute atomic E-state index is 15.4. The monoisotopic (exact) mass is 725 g/mol. The molecule has 4 N–H and O–H groups in total. The van der Waals surface area contributed by atoms with Crippen LogP contribution >= 0.6 is 7.67 Å². The summed E-state index contributed by atoms with van der Waals surface area (Å²) in [5.41, 5.74) is 3.86. The number of hydrogen-bond donors (Lipinski definition) is 3. The first kappa shape index (κ1) is 38.3. The Morgan fingerprint density at radius 1 is 1.02 bits per heavy atom. The third-order valence-corrected chi connectivity index (χ3v) is 11.7. The lowest BCUT2D eigenvalue weighted by molar-refractivity contribution is -0.151. The van der Waals surface area contributed by atoms with Gasteiger partial charge in [0, 0.05) is 13.1 Å². The van der Waals surface area contributed by atoms with Gasteiger partial charge < -0.3 is 39.4 Å². The first-order chi connectivity index (χ1) is 23.3. The van der Waals surface area contributed by atoms with Crippen LogP contribution in [0.15, 0.2) is 6.33 Å². The van der Waals surface area contributed by atoms with Gasteiger partial charge in [-0.25, -0.2) is 14.3 Å². The van der Waals surface area contributed by atoms with E-state index in [1.54, 1.807) is 0 Å². The van der Waals surface area contributed by atoms with Crippen molar-refractivity contribution < 1.29 is 47.8 Å². The van der Waals surface area contributed by atoms with Crippen molar-refractivity contribution in [3.8, 4) is 5.88 Å². The van der Waals surface area contributed by atoms with Crippen LogP contribution < -0.4 is 10.5 Å². The molecule has 0 aromatic carbocycles. The molecule has 0 bridgehead atoms. The normalized spacial score (nSPS) is 29.4. The Labute approximate surface area is 292 Å². The number of carbonyl (C=O) groups excluding carboxylic acids is 2. The number of rotatable bonds is 11. The molecule has 3 fully saturated rings. The van der Waals surface area contributed by atoms with E-state index in [0.717, 1.165) is 0 Å². The van der Waals surface area contributed by atoms with Gasteiger partial charge in [-0.05, 0) is 43.4 Å². The number of carbonyl (C=O) groups is 2. The van der Waals surface area contributed by atoms with Gasteiger partial charge in [0.2, 0.25) is 11.8 Å². The van der Waals surface area contributed by atoms with Crippen LogP contribution in [0.3, 0.4) is 0 Å². The molecule has 0 aliphatic carbocycles. The summed E-state index contributed by atoms with van der Waals surface area (Å²) in [6, 6.07) is -1.78. The Kier molecular flexibility index (Phi) is 10.9. The third kappa shape index (κ3) is 7.78. The van der Waals surface area contributed by atoms with Crippen LogP contribution in [0.25, 0.3) is 11.2 Å². The second kappa shape index (κ2) is 14.2. The lowest BCUT2D eigenvalue weighted by atomic mass is 9.96. The third-order valence-electron chi connectivity index (χ3n) is 8.95. The van der Waals surface area contributed by atoms with Crippen molar-refractivity contribution in [2.45, 2.75) is 110 Å². The van der Waals surface area contributed by atoms with E-state index in [0.29, 0.717) is 25.7 Å². The largest absolute Gasteiger partial charge is 0.479 e. The summed E-state index contributed by atoms with van der Waals surface area (Å²) in [6.07, 6.45) is -0.768. The molecule has 5 heterocycles. The fraction of sp³-hybridized carbons (Fsp3) is 0.781. The number of aromatic nitrogens is 4. The number of ether oxygens (including phenoxy) is 4. The second-order valence-electron chi connectivity index (χ2n) is 15.9. The molecule has 18 heteroatoms. The van der Waals surface area contributed by atoms with E-state index >= 15 is 4.57 Å². The predicted molar refractivity (Wildman–Crippen MR) is 181 cm³/mol. The lowest BCUT2D eigenvalue weighted by Gasteiger charge is -2.39. The Hall–Kier alpha value is -2.92. The van der Waals surface area contributed by atoms with Crippen molar-refractivity contribution in [3.63, 3.8) is 0 Å². The van der Waals surface area contributed by atoms with E-state index in [1.165, 1.54) is 34.3 Å². The number of fused-ring (bicyclic) bond motifs is 1. The van der Waals surface area contributed by atoms with Gasteiger partial charge in [-0.1, -0.05) is 41.5 Å². The molecule has 2 aromatic rings. The SMILES string of the molecule is COc1nc(N)nc2c1ncn2[C@@H]1O[C@H](COP(=O)(N2CCCC2C(=O)OCC(C)(C)C)N2CCCC2C(=O)OCC(C)(C)C)[C@@H](O)[C@@]1(C)O. The molecule has 280 valence electrons. The van der Waals surface area contributed by atoms with Crippen molar-refractivity contribution in [1.82, 2.24) is 28.9 Å². The topological polar surface area (TPSA) is 214 Å². The molecule has 0 amide bonds. The summed E-state index contributed by atoms with van der Waals surface area (Å²) in [5.74, 6) is -1.04. The van der Waals surface area contributed by atoms with Crippen LogP contribution in [0.4, 0.5) is 5.95 Å². The van der Waals surface area contributed by atoms with Crippen LogP contribution in [-0.2, 0) is 32.9 Å². The molecular weight excluding hydrogens is 673 g/mol. The van der Waals surface area contributed by atoms with Crippen LogP contribution in [0, 0.1) is 10.8 Å². The molecule has 17 nitrogen and oxygen atoms in total. The predicted octanol–water partition coefficient (Wildman–Crippen LogP) is 2.66. The molecule has 6 atom stereocenters. The first-order valence-electron chi connectivity index (χ1n) is 17.0. The molecule has 2 aromatic heterocycles. The Bertz CT molecular complexity index is 1550. The fourth-order valence-electron chi connectivity index (χ4n) is 6.42. The van der Waals surface area contributed by atoms with Gasteiger partial charge in [0.25, 0.3) is 0 Å². The number of anilines is 1. The van der Waals surface area contributed by atoms with Crippen LogP contribution in [-0.4, -0.2) is 121 Å². The zero-order valence-corrected chi connectivity index (χ0v) is 31.1. The average Bonchev–Trinajstić information content (AvgIpc) is 3.84. The minimum absolute atomic E-state index is 0.0995. The number of nitrogens with two attached hydrogens (primary N) is 1.